The van der Waals surface area contributed by atoms with Crippen molar-refractivity contribution >= 4 is 0 Å². The third-order valence-corrected chi connectivity index (χ3v) is 1.78. The highest BCUT2D eigenvalue weighted by Gasteiger charge is 1.95. The van der Waals surface area contributed by atoms with Gasteiger partial charge in [0, 0.05) is 13.2 Å². The molecule has 0 saturated carbocycles. The molecule has 90 valence electrons. The van der Waals surface area contributed by atoms with E-state index in [1.54, 1.807) is 0 Å². The zero-order valence-electron chi connectivity index (χ0n) is 10.9. The Kier molecular flexibility index (Phi) is 8.73. The summed E-state index contributed by atoms with van der Waals surface area (Å²) in [5, 5.41) is 0. The van der Waals surface area contributed by atoms with Gasteiger partial charge < -0.3 is 9.47 Å². The maximum Gasteiger partial charge on any atom is 0.0675 e. The molecule has 0 amide bonds. The Hall–Kier alpha value is -0.340. The highest BCUT2D eigenvalue weighted by atomic mass is 16.5. The molecule has 0 aliphatic rings. The van der Waals surface area contributed by atoms with Crippen LogP contribution in [0.3, 0.4) is 0 Å². The summed E-state index contributed by atoms with van der Waals surface area (Å²) in [6.07, 6.45) is 2.10. The molecule has 0 aliphatic carbocycles. The SMILES string of the molecule is C/C(=C/COCC(C)C)COCC(C)C. The molecular formula is C13H26O2. The number of hydrogen-bond donors (Lipinski definition) is 0. The summed E-state index contributed by atoms with van der Waals surface area (Å²) in [4.78, 5) is 0. The standard InChI is InChI=1S/C13H26O2/c1-11(2)8-14-7-6-13(5)10-15-9-12(3)4/h6,11-12H,7-10H2,1-5H3/b13-6-. The van der Waals surface area contributed by atoms with Gasteiger partial charge >= 0.3 is 0 Å². The number of ether oxygens (including phenoxy) is 2. The third kappa shape index (κ3) is 11.6. The predicted molar refractivity (Wildman–Crippen MR) is 65.1 cm³/mol. The monoisotopic (exact) mass is 214 g/mol. The molecule has 0 aliphatic heterocycles. The second-order valence-electron chi connectivity index (χ2n) is 4.89. The minimum Gasteiger partial charge on any atom is -0.377 e. The lowest BCUT2D eigenvalue weighted by molar-refractivity contribution is 0.123. The summed E-state index contributed by atoms with van der Waals surface area (Å²) in [6, 6.07) is 0. The van der Waals surface area contributed by atoms with Crippen molar-refractivity contribution in [2.75, 3.05) is 26.4 Å². The summed E-state index contributed by atoms with van der Waals surface area (Å²) in [5.41, 5.74) is 1.25. The van der Waals surface area contributed by atoms with Crippen LogP contribution in [0.25, 0.3) is 0 Å². The van der Waals surface area contributed by atoms with Crippen LogP contribution in [0.4, 0.5) is 0 Å². The Morgan fingerprint density at radius 3 is 2.07 bits per heavy atom. The molecule has 0 N–H and O–H groups in total. The second-order valence-corrected chi connectivity index (χ2v) is 4.89. The molecule has 0 fully saturated rings. The van der Waals surface area contributed by atoms with Crippen LogP contribution in [-0.2, 0) is 9.47 Å². The van der Waals surface area contributed by atoms with Crippen molar-refractivity contribution in [3.63, 3.8) is 0 Å². The average molecular weight is 214 g/mol. The van der Waals surface area contributed by atoms with E-state index in [0.717, 1.165) is 19.8 Å². The first-order valence-corrected chi connectivity index (χ1v) is 5.83. The first-order valence-electron chi connectivity index (χ1n) is 5.83. The van der Waals surface area contributed by atoms with Gasteiger partial charge in [-0.2, -0.15) is 0 Å². The molecule has 2 nitrogen and oxygen atoms in total. The van der Waals surface area contributed by atoms with Crippen LogP contribution >= 0.6 is 0 Å². The highest BCUT2D eigenvalue weighted by Crippen LogP contribution is 1.99. The molecule has 0 aromatic heterocycles. The van der Waals surface area contributed by atoms with E-state index in [1.807, 2.05) is 0 Å². The van der Waals surface area contributed by atoms with Crippen molar-refractivity contribution in [3.8, 4) is 0 Å². The third-order valence-electron chi connectivity index (χ3n) is 1.78. The minimum atomic E-state index is 0.606. The lowest BCUT2D eigenvalue weighted by Crippen LogP contribution is -2.05. The molecule has 0 spiro atoms. The molecule has 0 aromatic rings. The van der Waals surface area contributed by atoms with E-state index in [1.165, 1.54) is 5.57 Å². The van der Waals surface area contributed by atoms with E-state index >= 15 is 0 Å². The van der Waals surface area contributed by atoms with Gasteiger partial charge in [0.15, 0.2) is 0 Å². The lowest BCUT2D eigenvalue weighted by atomic mass is 10.2. The Morgan fingerprint density at radius 2 is 1.53 bits per heavy atom. The summed E-state index contributed by atoms with van der Waals surface area (Å²) in [5.74, 6) is 1.21. The van der Waals surface area contributed by atoms with Gasteiger partial charge in [0.1, 0.15) is 0 Å². The molecule has 0 atom stereocenters. The second kappa shape index (κ2) is 8.93. The van der Waals surface area contributed by atoms with Crippen LogP contribution < -0.4 is 0 Å². The van der Waals surface area contributed by atoms with Crippen molar-refractivity contribution in [2.24, 2.45) is 11.8 Å². The lowest BCUT2D eigenvalue weighted by Gasteiger charge is -2.08. The van der Waals surface area contributed by atoms with Gasteiger partial charge in [-0.3, -0.25) is 0 Å². The van der Waals surface area contributed by atoms with Gasteiger partial charge in [0.2, 0.25) is 0 Å². The zero-order chi connectivity index (χ0) is 11.7. The van der Waals surface area contributed by atoms with Gasteiger partial charge in [-0.25, -0.2) is 0 Å². The van der Waals surface area contributed by atoms with Crippen LogP contribution in [0.1, 0.15) is 34.6 Å². The van der Waals surface area contributed by atoms with E-state index in [2.05, 4.69) is 40.7 Å². The molecule has 0 rings (SSSR count). The maximum absolute atomic E-state index is 5.51. The molecule has 0 aromatic carbocycles. The summed E-state index contributed by atoms with van der Waals surface area (Å²) >= 11 is 0. The van der Waals surface area contributed by atoms with Crippen molar-refractivity contribution in [2.45, 2.75) is 34.6 Å². The van der Waals surface area contributed by atoms with Crippen LogP contribution in [0.2, 0.25) is 0 Å². The van der Waals surface area contributed by atoms with Gasteiger partial charge in [-0.05, 0) is 24.3 Å². The van der Waals surface area contributed by atoms with E-state index < -0.39 is 0 Å². The van der Waals surface area contributed by atoms with Crippen molar-refractivity contribution in [1.29, 1.82) is 0 Å². The minimum absolute atomic E-state index is 0.606. The van der Waals surface area contributed by atoms with Crippen LogP contribution in [0.15, 0.2) is 11.6 Å². The quantitative estimate of drug-likeness (QED) is 0.456. The topological polar surface area (TPSA) is 18.5 Å². The maximum atomic E-state index is 5.51. The molecule has 0 bridgehead atoms. The van der Waals surface area contributed by atoms with Crippen LogP contribution in [-0.4, -0.2) is 26.4 Å². The van der Waals surface area contributed by atoms with Crippen molar-refractivity contribution in [3.05, 3.63) is 11.6 Å². The fourth-order valence-corrected chi connectivity index (χ4v) is 1.02. The predicted octanol–water partition coefficient (Wildman–Crippen LogP) is 3.28. The molecule has 15 heavy (non-hydrogen) atoms. The molecule has 0 saturated heterocycles. The fraction of sp³-hybridized carbons (Fsp3) is 0.846. The van der Waals surface area contributed by atoms with Crippen LogP contribution in [0, 0.1) is 11.8 Å². The van der Waals surface area contributed by atoms with E-state index in [-0.39, 0.29) is 0 Å². The summed E-state index contributed by atoms with van der Waals surface area (Å²) in [6.45, 7) is 13.8. The normalized spacial score (nSPS) is 12.9. The van der Waals surface area contributed by atoms with Crippen LogP contribution in [0.5, 0.6) is 0 Å². The van der Waals surface area contributed by atoms with E-state index in [4.69, 9.17) is 9.47 Å². The Bertz CT molecular complexity index is 171. The number of hydrogen-bond acceptors (Lipinski definition) is 2. The molecule has 0 heterocycles. The zero-order valence-corrected chi connectivity index (χ0v) is 10.9. The smallest absolute Gasteiger partial charge is 0.0675 e. The Balaban J connectivity index is 3.44. The fourth-order valence-electron chi connectivity index (χ4n) is 1.02. The van der Waals surface area contributed by atoms with Gasteiger partial charge in [0.05, 0.1) is 13.2 Å². The summed E-state index contributed by atoms with van der Waals surface area (Å²) in [7, 11) is 0. The first-order chi connectivity index (χ1) is 7.02. The van der Waals surface area contributed by atoms with Gasteiger partial charge in [-0.15, -0.1) is 0 Å². The summed E-state index contributed by atoms with van der Waals surface area (Å²) < 4.78 is 11.0. The molecule has 2 heteroatoms. The first kappa shape index (κ1) is 14.7. The highest BCUT2D eigenvalue weighted by molar-refractivity contribution is 4.98. The molecule has 0 radical (unpaired) electrons. The Labute approximate surface area is 94.7 Å². The van der Waals surface area contributed by atoms with E-state index in [9.17, 15) is 0 Å². The molecular weight excluding hydrogens is 188 g/mol. The van der Waals surface area contributed by atoms with Crippen molar-refractivity contribution < 1.29 is 9.47 Å². The van der Waals surface area contributed by atoms with Gasteiger partial charge in [-0.1, -0.05) is 33.8 Å². The van der Waals surface area contributed by atoms with E-state index in [0.29, 0.717) is 18.4 Å². The Morgan fingerprint density at radius 1 is 1.00 bits per heavy atom. The largest absolute Gasteiger partial charge is 0.377 e. The average Bonchev–Trinajstić information content (AvgIpc) is 2.11. The number of rotatable bonds is 8. The van der Waals surface area contributed by atoms with Crippen molar-refractivity contribution in [1.82, 2.24) is 0 Å². The van der Waals surface area contributed by atoms with Gasteiger partial charge in [0.25, 0.3) is 0 Å². The molecule has 0 unspecified atom stereocenters.